The van der Waals surface area contributed by atoms with Crippen molar-refractivity contribution in [3.05, 3.63) is 76.9 Å². The quantitative estimate of drug-likeness (QED) is 0.535. The summed E-state index contributed by atoms with van der Waals surface area (Å²) < 4.78 is 0. The van der Waals surface area contributed by atoms with Crippen molar-refractivity contribution in [1.29, 1.82) is 0 Å². The van der Waals surface area contributed by atoms with E-state index in [4.69, 9.17) is 0 Å². The number of benzene rings is 3. The molecule has 3 aromatic carbocycles. The molecule has 3 amide bonds. The molecule has 2 atom stereocenters. The lowest BCUT2D eigenvalue weighted by Crippen LogP contribution is -2.47. The van der Waals surface area contributed by atoms with Gasteiger partial charge in [0, 0.05) is 53.7 Å². The largest absolute Gasteiger partial charge is 0.308 e. The van der Waals surface area contributed by atoms with Crippen LogP contribution >= 0.6 is 0 Å². The minimum atomic E-state index is -0.274. The number of hydrogen-bond acceptors (Lipinski definition) is 4. The van der Waals surface area contributed by atoms with Crippen molar-refractivity contribution in [2.45, 2.75) is 38.1 Å². The van der Waals surface area contributed by atoms with Gasteiger partial charge >= 0.3 is 0 Å². The molecule has 0 aliphatic carbocycles. The van der Waals surface area contributed by atoms with Gasteiger partial charge in [0.25, 0.3) is 11.8 Å². The summed E-state index contributed by atoms with van der Waals surface area (Å²) in [6.07, 6.45) is 1.70. The van der Waals surface area contributed by atoms with Gasteiger partial charge in [-0.3, -0.25) is 19.3 Å². The Bertz CT molecular complexity index is 1330. The number of imide groups is 1. The standard InChI is InChI=1S/C29H29N3O3/c1-18-11-12-24-22(16-18)23-17-30(2)15-13-25(23)32(24)26(33)10-5-14-31-28(34)20-8-3-6-19-7-4-9-21(27(19)20)29(31)35/h3-4,6-9,11-12,16,23,25H,5,10,13-15,17H2,1-2H3/t23-,25+/m1/s1. The van der Waals surface area contributed by atoms with E-state index in [1.807, 2.05) is 29.2 Å². The molecule has 6 rings (SSSR count). The van der Waals surface area contributed by atoms with Crippen molar-refractivity contribution in [3.8, 4) is 0 Å². The fourth-order valence-electron chi connectivity index (χ4n) is 6.20. The van der Waals surface area contributed by atoms with E-state index < -0.39 is 0 Å². The van der Waals surface area contributed by atoms with Gasteiger partial charge in [-0.15, -0.1) is 0 Å². The van der Waals surface area contributed by atoms with Crippen molar-refractivity contribution in [2.24, 2.45) is 0 Å². The molecule has 0 aromatic heterocycles. The Balaban J connectivity index is 1.20. The number of anilines is 1. The summed E-state index contributed by atoms with van der Waals surface area (Å²) in [5.74, 6) is -0.144. The number of amides is 3. The molecular formula is C29H29N3O3. The Hall–Kier alpha value is -3.51. The molecule has 0 saturated carbocycles. The summed E-state index contributed by atoms with van der Waals surface area (Å²) in [5, 5.41) is 1.63. The van der Waals surface area contributed by atoms with Crippen molar-refractivity contribution < 1.29 is 14.4 Å². The maximum atomic E-state index is 13.5. The second-order valence-electron chi connectivity index (χ2n) is 10.1. The third kappa shape index (κ3) is 3.47. The van der Waals surface area contributed by atoms with Crippen molar-refractivity contribution in [2.75, 3.05) is 31.6 Å². The van der Waals surface area contributed by atoms with Gasteiger partial charge in [-0.05, 0) is 62.5 Å². The van der Waals surface area contributed by atoms with Crippen LogP contribution in [0.15, 0.2) is 54.6 Å². The number of carbonyl (C=O) groups is 3. The van der Waals surface area contributed by atoms with E-state index in [9.17, 15) is 14.4 Å². The van der Waals surface area contributed by atoms with Gasteiger partial charge in [0.1, 0.15) is 0 Å². The van der Waals surface area contributed by atoms with Crippen LogP contribution in [-0.4, -0.2) is 60.2 Å². The average molecular weight is 468 g/mol. The Morgan fingerprint density at radius 3 is 2.43 bits per heavy atom. The number of piperidine rings is 1. The third-order valence-corrected chi connectivity index (χ3v) is 7.85. The van der Waals surface area contributed by atoms with Gasteiger partial charge in [-0.2, -0.15) is 0 Å². The molecule has 3 heterocycles. The number of aryl methyl sites for hydroxylation is 1. The fraction of sp³-hybridized carbons (Fsp3) is 0.345. The van der Waals surface area contributed by atoms with E-state index in [1.54, 1.807) is 12.1 Å². The first-order valence-electron chi connectivity index (χ1n) is 12.4. The van der Waals surface area contributed by atoms with Crippen LogP contribution in [0.1, 0.15) is 57.0 Å². The lowest BCUT2D eigenvalue weighted by Gasteiger charge is -2.36. The van der Waals surface area contributed by atoms with Gasteiger partial charge in [-0.1, -0.05) is 42.0 Å². The van der Waals surface area contributed by atoms with Crippen molar-refractivity contribution >= 4 is 34.2 Å². The summed E-state index contributed by atoms with van der Waals surface area (Å²) in [6.45, 7) is 4.25. The smallest absolute Gasteiger partial charge is 0.261 e. The minimum absolute atomic E-state index is 0.0755. The molecule has 0 spiro atoms. The molecule has 35 heavy (non-hydrogen) atoms. The Morgan fingerprint density at radius 2 is 1.71 bits per heavy atom. The maximum absolute atomic E-state index is 13.5. The minimum Gasteiger partial charge on any atom is -0.308 e. The number of hydrogen-bond donors (Lipinski definition) is 0. The van der Waals surface area contributed by atoms with E-state index in [2.05, 4.69) is 37.1 Å². The molecule has 0 radical (unpaired) electrons. The van der Waals surface area contributed by atoms with Gasteiger partial charge in [0.2, 0.25) is 5.91 Å². The van der Waals surface area contributed by atoms with E-state index in [-0.39, 0.29) is 30.3 Å². The molecule has 3 aromatic rings. The highest BCUT2D eigenvalue weighted by Crippen LogP contribution is 2.45. The van der Waals surface area contributed by atoms with Gasteiger partial charge in [0.05, 0.1) is 0 Å². The number of likely N-dealkylation sites (N-methyl/N-ethyl adjacent to an activating group) is 1. The summed E-state index contributed by atoms with van der Waals surface area (Å²) in [6, 6.07) is 17.7. The lowest BCUT2D eigenvalue weighted by atomic mass is 9.89. The molecule has 0 N–H and O–H groups in total. The first-order valence-corrected chi connectivity index (χ1v) is 12.4. The Labute approximate surface area is 205 Å². The molecule has 3 aliphatic heterocycles. The van der Waals surface area contributed by atoms with E-state index >= 15 is 0 Å². The van der Waals surface area contributed by atoms with Crippen LogP contribution in [0.2, 0.25) is 0 Å². The average Bonchev–Trinajstić information content (AvgIpc) is 3.17. The molecule has 6 nitrogen and oxygen atoms in total. The predicted molar refractivity (Wildman–Crippen MR) is 136 cm³/mol. The van der Waals surface area contributed by atoms with Crippen LogP contribution in [0.3, 0.4) is 0 Å². The fourth-order valence-corrected chi connectivity index (χ4v) is 6.20. The van der Waals surface area contributed by atoms with Crippen LogP contribution in [0.25, 0.3) is 10.8 Å². The second-order valence-corrected chi connectivity index (χ2v) is 10.1. The van der Waals surface area contributed by atoms with E-state index in [1.165, 1.54) is 16.0 Å². The maximum Gasteiger partial charge on any atom is 0.261 e. The summed E-state index contributed by atoms with van der Waals surface area (Å²) >= 11 is 0. The third-order valence-electron chi connectivity index (χ3n) is 7.85. The van der Waals surface area contributed by atoms with Gasteiger partial charge < -0.3 is 9.80 Å². The lowest BCUT2D eigenvalue weighted by molar-refractivity contribution is -0.119. The number of likely N-dealkylation sites (tertiary alicyclic amines) is 1. The first-order chi connectivity index (χ1) is 16.9. The summed E-state index contributed by atoms with van der Waals surface area (Å²) in [5.41, 5.74) is 4.61. The van der Waals surface area contributed by atoms with E-state index in [0.29, 0.717) is 29.9 Å². The zero-order valence-corrected chi connectivity index (χ0v) is 20.2. The molecule has 0 bridgehead atoms. The van der Waals surface area contributed by atoms with Gasteiger partial charge in [-0.25, -0.2) is 0 Å². The summed E-state index contributed by atoms with van der Waals surface area (Å²) in [4.78, 5) is 45.5. The molecule has 1 saturated heterocycles. The first kappa shape index (κ1) is 22.0. The van der Waals surface area contributed by atoms with Gasteiger partial charge in [0.15, 0.2) is 0 Å². The second kappa shape index (κ2) is 8.31. The highest BCUT2D eigenvalue weighted by Gasteiger charge is 2.43. The number of fused-ring (bicyclic) bond motifs is 3. The van der Waals surface area contributed by atoms with Crippen LogP contribution in [-0.2, 0) is 4.79 Å². The monoisotopic (exact) mass is 467 g/mol. The van der Waals surface area contributed by atoms with E-state index in [0.717, 1.165) is 36.0 Å². The Kier molecular flexibility index (Phi) is 5.22. The highest BCUT2D eigenvalue weighted by atomic mass is 16.2. The topological polar surface area (TPSA) is 60.9 Å². The summed E-state index contributed by atoms with van der Waals surface area (Å²) in [7, 11) is 2.14. The van der Waals surface area contributed by atoms with Crippen molar-refractivity contribution in [3.63, 3.8) is 0 Å². The van der Waals surface area contributed by atoms with Crippen LogP contribution in [0, 0.1) is 6.92 Å². The Morgan fingerprint density at radius 1 is 1.00 bits per heavy atom. The zero-order chi connectivity index (χ0) is 24.3. The SMILES string of the molecule is Cc1ccc2c(c1)[C@H]1CN(C)CC[C@@H]1N2C(=O)CCCN1C(=O)c2cccc3cccc(c23)C1=O. The van der Waals surface area contributed by atoms with Crippen LogP contribution in [0.5, 0.6) is 0 Å². The highest BCUT2D eigenvalue weighted by molar-refractivity contribution is 6.25. The molecule has 178 valence electrons. The van der Waals surface area contributed by atoms with Crippen LogP contribution < -0.4 is 4.90 Å². The molecular weight excluding hydrogens is 438 g/mol. The number of carbonyl (C=O) groups excluding carboxylic acids is 3. The van der Waals surface area contributed by atoms with Crippen LogP contribution in [0.4, 0.5) is 5.69 Å². The normalized spacial score (nSPS) is 21.4. The zero-order valence-electron chi connectivity index (χ0n) is 20.2. The molecule has 3 aliphatic rings. The molecule has 0 unspecified atom stereocenters. The predicted octanol–water partition coefficient (Wildman–Crippen LogP) is 4.36. The molecule has 1 fully saturated rings. The molecule has 6 heteroatoms. The van der Waals surface area contributed by atoms with Crippen molar-refractivity contribution in [1.82, 2.24) is 9.80 Å². The number of nitrogens with zero attached hydrogens (tertiary/aromatic N) is 3. The number of rotatable bonds is 4.